The van der Waals surface area contributed by atoms with E-state index in [1.165, 1.54) is 5.56 Å². The van der Waals surface area contributed by atoms with Crippen LogP contribution in [-0.4, -0.2) is 14.9 Å². The third-order valence-electron chi connectivity index (χ3n) is 3.25. The normalized spacial score (nSPS) is 10.8. The van der Waals surface area contributed by atoms with E-state index in [-0.39, 0.29) is 0 Å². The second-order valence-electron chi connectivity index (χ2n) is 4.89. The van der Waals surface area contributed by atoms with Gasteiger partial charge < -0.3 is 5.11 Å². The number of rotatable bonds is 6. The fraction of sp³-hybridized carbons (Fsp3) is 0.438. The third-order valence-corrected chi connectivity index (χ3v) is 3.25. The lowest BCUT2D eigenvalue weighted by Gasteiger charge is -2.06. The fourth-order valence-corrected chi connectivity index (χ4v) is 2.32. The van der Waals surface area contributed by atoms with Crippen LogP contribution in [0.2, 0.25) is 0 Å². The van der Waals surface area contributed by atoms with Gasteiger partial charge in [-0.15, -0.1) is 0 Å². The largest absolute Gasteiger partial charge is 0.504 e. The van der Waals surface area contributed by atoms with E-state index in [9.17, 15) is 5.11 Å². The minimum Gasteiger partial charge on any atom is -0.504 e. The van der Waals surface area contributed by atoms with Crippen LogP contribution in [0.5, 0.6) is 5.75 Å². The molecule has 0 spiro atoms. The van der Waals surface area contributed by atoms with E-state index in [2.05, 4.69) is 31.1 Å². The van der Waals surface area contributed by atoms with Crippen LogP contribution in [-0.2, 0) is 19.4 Å². The molecule has 0 amide bonds. The Labute approximate surface area is 114 Å². The van der Waals surface area contributed by atoms with Crippen LogP contribution in [0.15, 0.2) is 30.3 Å². The van der Waals surface area contributed by atoms with Crippen molar-refractivity contribution in [2.75, 3.05) is 0 Å². The molecule has 0 unspecified atom stereocenters. The highest BCUT2D eigenvalue weighted by atomic mass is 16.3. The van der Waals surface area contributed by atoms with Gasteiger partial charge in [0.2, 0.25) is 0 Å². The standard InChI is InChI=1S/C16H22N2O/c1-3-8-14-16(19)15(9-4-2)18(17-14)12-13-10-6-5-7-11-13/h5-7,10-11,19H,3-4,8-9,12H2,1-2H3. The highest BCUT2D eigenvalue weighted by molar-refractivity contribution is 5.33. The first kappa shape index (κ1) is 13.7. The van der Waals surface area contributed by atoms with Crippen LogP contribution in [0.4, 0.5) is 0 Å². The molecule has 1 aromatic heterocycles. The molecule has 0 aliphatic carbocycles. The van der Waals surface area contributed by atoms with Crippen molar-refractivity contribution in [3.63, 3.8) is 0 Å². The lowest BCUT2D eigenvalue weighted by molar-refractivity contribution is 0.457. The molecule has 0 aliphatic rings. The lowest BCUT2D eigenvalue weighted by Crippen LogP contribution is -2.06. The summed E-state index contributed by atoms with van der Waals surface area (Å²) in [4.78, 5) is 0. The Bertz CT molecular complexity index is 517. The Kier molecular flexibility index (Phi) is 4.61. The van der Waals surface area contributed by atoms with E-state index < -0.39 is 0 Å². The molecular formula is C16H22N2O. The first-order chi connectivity index (χ1) is 9.26. The monoisotopic (exact) mass is 258 g/mol. The number of hydrogen-bond acceptors (Lipinski definition) is 2. The first-order valence-electron chi connectivity index (χ1n) is 7.07. The Balaban J connectivity index is 2.30. The van der Waals surface area contributed by atoms with Gasteiger partial charge in [0.05, 0.1) is 12.2 Å². The number of aryl methyl sites for hydroxylation is 1. The van der Waals surface area contributed by atoms with E-state index in [1.807, 2.05) is 22.9 Å². The summed E-state index contributed by atoms with van der Waals surface area (Å²) in [5.74, 6) is 0.402. The molecule has 0 saturated carbocycles. The average Bonchev–Trinajstić information content (AvgIpc) is 2.70. The summed E-state index contributed by atoms with van der Waals surface area (Å²) in [6.45, 7) is 4.96. The van der Waals surface area contributed by atoms with Gasteiger partial charge in [0.1, 0.15) is 5.69 Å². The van der Waals surface area contributed by atoms with Gasteiger partial charge in [0.25, 0.3) is 0 Å². The summed E-state index contributed by atoms with van der Waals surface area (Å²) >= 11 is 0. The highest BCUT2D eigenvalue weighted by Crippen LogP contribution is 2.25. The van der Waals surface area contributed by atoms with Gasteiger partial charge in [0.15, 0.2) is 5.75 Å². The first-order valence-corrected chi connectivity index (χ1v) is 7.07. The van der Waals surface area contributed by atoms with Crippen molar-refractivity contribution in [3.8, 4) is 5.75 Å². The zero-order chi connectivity index (χ0) is 13.7. The fourth-order valence-electron chi connectivity index (χ4n) is 2.32. The molecule has 0 radical (unpaired) electrons. The molecule has 0 aliphatic heterocycles. The molecule has 0 bridgehead atoms. The molecule has 0 fully saturated rings. The van der Waals surface area contributed by atoms with Crippen molar-refractivity contribution in [1.29, 1.82) is 0 Å². The van der Waals surface area contributed by atoms with Crippen LogP contribution in [0.25, 0.3) is 0 Å². The van der Waals surface area contributed by atoms with Crippen molar-refractivity contribution in [2.24, 2.45) is 0 Å². The molecule has 3 heteroatoms. The summed E-state index contributed by atoms with van der Waals surface area (Å²) in [6.07, 6.45) is 3.72. The second-order valence-corrected chi connectivity index (χ2v) is 4.89. The Morgan fingerprint density at radius 3 is 2.37 bits per heavy atom. The van der Waals surface area contributed by atoms with Crippen molar-refractivity contribution in [2.45, 2.75) is 46.1 Å². The third kappa shape index (κ3) is 3.16. The predicted molar refractivity (Wildman–Crippen MR) is 77.4 cm³/mol. The molecule has 1 N–H and O–H groups in total. The van der Waals surface area contributed by atoms with Crippen molar-refractivity contribution in [1.82, 2.24) is 9.78 Å². The summed E-state index contributed by atoms with van der Waals surface area (Å²) in [5, 5.41) is 14.8. The van der Waals surface area contributed by atoms with Crippen molar-refractivity contribution >= 4 is 0 Å². The van der Waals surface area contributed by atoms with Gasteiger partial charge in [-0.2, -0.15) is 5.10 Å². The van der Waals surface area contributed by atoms with Gasteiger partial charge in [-0.3, -0.25) is 4.68 Å². The average molecular weight is 258 g/mol. The Morgan fingerprint density at radius 2 is 1.74 bits per heavy atom. The summed E-state index contributed by atoms with van der Waals surface area (Å²) in [5.41, 5.74) is 3.02. The Hall–Kier alpha value is -1.77. The van der Waals surface area contributed by atoms with E-state index in [0.29, 0.717) is 5.75 Å². The molecule has 0 saturated heterocycles. The van der Waals surface area contributed by atoms with Crippen LogP contribution < -0.4 is 0 Å². The van der Waals surface area contributed by atoms with Gasteiger partial charge in [-0.25, -0.2) is 0 Å². The quantitative estimate of drug-likeness (QED) is 0.860. The van der Waals surface area contributed by atoms with E-state index >= 15 is 0 Å². The Morgan fingerprint density at radius 1 is 1.05 bits per heavy atom. The van der Waals surface area contributed by atoms with Crippen molar-refractivity contribution < 1.29 is 5.11 Å². The summed E-state index contributed by atoms with van der Waals surface area (Å²) in [6, 6.07) is 10.3. The maximum atomic E-state index is 10.3. The van der Waals surface area contributed by atoms with Gasteiger partial charge in [0, 0.05) is 0 Å². The van der Waals surface area contributed by atoms with Crippen molar-refractivity contribution in [3.05, 3.63) is 47.3 Å². The van der Waals surface area contributed by atoms with Crippen LogP contribution >= 0.6 is 0 Å². The number of hydrogen-bond donors (Lipinski definition) is 1. The van der Waals surface area contributed by atoms with E-state index in [1.54, 1.807) is 0 Å². The molecule has 102 valence electrons. The molecule has 19 heavy (non-hydrogen) atoms. The van der Waals surface area contributed by atoms with E-state index in [0.717, 1.165) is 43.6 Å². The lowest BCUT2D eigenvalue weighted by atomic mass is 10.1. The maximum absolute atomic E-state index is 10.3. The smallest absolute Gasteiger partial charge is 0.160 e. The van der Waals surface area contributed by atoms with E-state index in [4.69, 9.17) is 0 Å². The predicted octanol–water partition coefficient (Wildman–Crippen LogP) is 3.54. The minimum atomic E-state index is 0.402. The van der Waals surface area contributed by atoms with Gasteiger partial charge in [-0.05, 0) is 18.4 Å². The molecule has 3 nitrogen and oxygen atoms in total. The molecule has 1 aromatic carbocycles. The number of benzene rings is 1. The summed E-state index contributed by atoms with van der Waals surface area (Å²) in [7, 11) is 0. The number of nitrogens with zero attached hydrogens (tertiary/aromatic N) is 2. The molecule has 0 atom stereocenters. The molecule has 2 rings (SSSR count). The molecular weight excluding hydrogens is 236 g/mol. The van der Waals surface area contributed by atoms with Gasteiger partial charge >= 0.3 is 0 Å². The molecule has 2 aromatic rings. The zero-order valence-corrected chi connectivity index (χ0v) is 11.8. The minimum absolute atomic E-state index is 0.402. The highest BCUT2D eigenvalue weighted by Gasteiger charge is 2.15. The topological polar surface area (TPSA) is 38.0 Å². The molecule has 1 heterocycles. The van der Waals surface area contributed by atoms with Crippen LogP contribution in [0.3, 0.4) is 0 Å². The van der Waals surface area contributed by atoms with Gasteiger partial charge in [-0.1, -0.05) is 57.0 Å². The SMILES string of the molecule is CCCc1nn(Cc2ccccc2)c(CCC)c1O. The van der Waals surface area contributed by atoms with Crippen LogP contribution in [0.1, 0.15) is 43.6 Å². The zero-order valence-electron chi connectivity index (χ0n) is 11.8. The number of aromatic hydroxyl groups is 1. The van der Waals surface area contributed by atoms with Crippen LogP contribution in [0, 0.1) is 0 Å². The second kappa shape index (κ2) is 6.41. The summed E-state index contributed by atoms with van der Waals surface area (Å²) < 4.78 is 1.96. The number of aromatic nitrogens is 2. The maximum Gasteiger partial charge on any atom is 0.160 e.